The summed E-state index contributed by atoms with van der Waals surface area (Å²) >= 11 is 6.11. The molecule has 0 amide bonds. The van der Waals surface area contributed by atoms with Crippen LogP contribution >= 0.6 is 11.6 Å². The highest BCUT2D eigenvalue weighted by Crippen LogP contribution is 2.35. The maximum absolute atomic E-state index is 6.11. The van der Waals surface area contributed by atoms with Gasteiger partial charge in [0, 0.05) is 12.2 Å². The Morgan fingerprint density at radius 3 is 3.00 bits per heavy atom. The molecule has 3 nitrogen and oxygen atoms in total. The lowest BCUT2D eigenvalue weighted by atomic mass is 9.96. The largest absolute Gasteiger partial charge is 0.323 e. The summed E-state index contributed by atoms with van der Waals surface area (Å²) in [7, 11) is 0. The van der Waals surface area contributed by atoms with Crippen molar-refractivity contribution in [1.29, 1.82) is 0 Å². The van der Waals surface area contributed by atoms with Crippen molar-refractivity contribution in [1.82, 2.24) is 14.5 Å². The molecule has 0 spiro atoms. The molecule has 2 unspecified atom stereocenters. The Bertz CT molecular complexity index is 564. The number of alkyl halides is 1. The van der Waals surface area contributed by atoms with Crippen LogP contribution in [0.2, 0.25) is 0 Å². The van der Waals surface area contributed by atoms with Gasteiger partial charge < -0.3 is 4.57 Å². The highest BCUT2D eigenvalue weighted by molar-refractivity contribution is 6.16. The number of imidazole rings is 1. The van der Waals surface area contributed by atoms with Crippen LogP contribution in [0.5, 0.6) is 0 Å². The summed E-state index contributed by atoms with van der Waals surface area (Å²) in [5, 5.41) is 0. The number of halogens is 1. The smallest absolute Gasteiger partial charge is 0.125 e. The second kappa shape index (κ2) is 5.49. The van der Waals surface area contributed by atoms with Gasteiger partial charge in [0.2, 0.25) is 0 Å². The van der Waals surface area contributed by atoms with Crippen molar-refractivity contribution in [3.05, 3.63) is 24.3 Å². The topological polar surface area (TPSA) is 30.7 Å². The van der Waals surface area contributed by atoms with Gasteiger partial charge in [-0.2, -0.15) is 0 Å². The molecule has 0 aromatic carbocycles. The summed E-state index contributed by atoms with van der Waals surface area (Å²) in [6.07, 6.45) is 10.2. The predicted octanol–water partition coefficient (Wildman–Crippen LogP) is 4.31. The average molecular weight is 278 g/mol. The zero-order valence-electron chi connectivity index (χ0n) is 11.3. The zero-order chi connectivity index (χ0) is 13.2. The SMILES string of the molecule is CC1CCCCCC1n1c(CCl)nc2cnccc21. The number of hydrogen-bond donors (Lipinski definition) is 0. The lowest BCUT2D eigenvalue weighted by Gasteiger charge is -2.25. The molecule has 0 aliphatic heterocycles. The van der Waals surface area contributed by atoms with Gasteiger partial charge in [0.25, 0.3) is 0 Å². The fourth-order valence-electron chi connectivity index (χ4n) is 3.32. The molecule has 19 heavy (non-hydrogen) atoms. The standard InChI is InChI=1S/C15H20ClN3/c1-11-5-3-2-4-6-13(11)19-14-7-8-17-10-12(14)18-15(19)9-16/h7-8,10-11,13H,2-6,9H2,1H3. The van der Waals surface area contributed by atoms with E-state index in [0.29, 0.717) is 17.8 Å². The fraction of sp³-hybridized carbons (Fsp3) is 0.600. The highest BCUT2D eigenvalue weighted by Gasteiger charge is 2.25. The molecule has 2 aromatic heterocycles. The lowest BCUT2D eigenvalue weighted by Crippen LogP contribution is -2.18. The summed E-state index contributed by atoms with van der Waals surface area (Å²) in [5.41, 5.74) is 2.15. The van der Waals surface area contributed by atoms with Gasteiger partial charge in [-0.15, -0.1) is 11.6 Å². The second-order valence-electron chi connectivity index (χ2n) is 5.58. The minimum Gasteiger partial charge on any atom is -0.323 e. The van der Waals surface area contributed by atoms with Crippen molar-refractivity contribution in [3.63, 3.8) is 0 Å². The van der Waals surface area contributed by atoms with Crippen molar-refractivity contribution >= 4 is 22.6 Å². The molecule has 0 N–H and O–H groups in total. The molecule has 2 aromatic rings. The Balaban J connectivity index is 2.11. The Labute approximate surface area is 119 Å². The van der Waals surface area contributed by atoms with Crippen molar-refractivity contribution in [2.24, 2.45) is 5.92 Å². The summed E-state index contributed by atoms with van der Waals surface area (Å²) in [6.45, 7) is 2.36. The van der Waals surface area contributed by atoms with Crippen LogP contribution in [0, 0.1) is 5.92 Å². The van der Waals surface area contributed by atoms with Crippen LogP contribution in [-0.2, 0) is 5.88 Å². The molecule has 1 saturated carbocycles. The van der Waals surface area contributed by atoms with Crippen molar-refractivity contribution in [2.45, 2.75) is 50.9 Å². The van der Waals surface area contributed by atoms with E-state index in [1.807, 2.05) is 12.4 Å². The van der Waals surface area contributed by atoms with Crippen LogP contribution in [-0.4, -0.2) is 14.5 Å². The predicted molar refractivity (Wildman–Crippen MR) is 78.4 cm³/mol. The van der Waals surface area contributed by atoms with Gasteiger partial charge in [0.05, 0.1) is 17.6 Å². The first-order chi connectivity index (χ1) is 9.31. The average Bonchev–Trinajstić information content (AvgIpc) is 2.68. The van der Waals surface area contributed by atoms with Gasteiger partial charge in [-0.05, 0) is 24.8 Å². The van der Waals surface area contributed by atoms with Gasteiger partial charge in [-0.3, -0.25) is 4.98 Å². The number of hydrogen-bond acceptors (Lipinski definition) is 2. The molecule has 2 heterocycles. The minimum atomic E-state index is 0.470. The number of aromatic nitrogens is 3. The summed E-state index contributed by atoms with van der Waals surface area (Å²) in [5.74, 6) is 2.15. The first-order valence-corrected chi connectivity index (χ1v) is 7.71. The van der Waals surface area contributed by atoms with Gasteiger partial charge in [0.15, 0.2) is 0 Å². The van der Waals surface area contributed by atoms with E-state index in [1.165, 1.54) is 37.6 Å². The van der Waals surface area contributed by atoms with E-state index in [2.05, 4.69) is 27.5 Å². The first kappa shape index (κ1) is 12.9. The van der Waals surface area contributed by atoms with Gasteiger partial charge in [-0.1, -0.05) is 26.2 Å². The molecule has 1 aliphatic carbocycles. The maximum Gasteiger partial charge on any atom is 0.125 e. The summed E-state index contributed by atoms with van der Waals surface area (Å²) in [4.78, 5) is 8.81. The van der Waals surface area contributed by atoms with Crippen LogP contribution < -0.4 is 0 Å². The normalized spacial score (nSPS) is 24.5. The van der Waals surface area contributed by atoms with Crippen LogP contribution in [0.3, 0.4) is 0 Å². The highest BCUT2D eigenvalue weighted by atomic mass is 35.5. The first-order valence-electron chi connectivity index (χ1n) is 7.18. The fourth-order valence-corrected chi connectivity index (χ4v) is 3.51. The van der Waals surface area contributed by atoms with Crippen LogP contribution in [0.4, 0.5) is 0 Å². The van der Waals surface area contributed by atoms with Crippen LogP contribution in [0.1, 0.15) is 50.9 Å². The van der Waals surface area contributed by atoms with Crippen molar-refractivity contribution < 1.29 is 0 Å². The van der Waals surface area contributed by atoms with Crippen molar-refractivity contribution in [2.75, 3.05) is 0 Å². The molecule has 102 valence electrons. The molecule has 2 atom stereocenters. The molecule has 0 radical (unpaired) electrons. The van der Waals surface area contributed by atoms with Gasteiger partial charge in [0.1, 0.15) is 11.3 Å². The molecule has 1 fully saturated rings. The van der Waals surface area contributed by atoms with Crippen LogP contribution in [0.25, 0.3) is 11.0 Å². The summed E-state index contributed by atoms with van der Waals surface area (Å²) in [6, 6.07) is 2.60. The Morgan fingerprint density at radius 1 is 1.32 bits per heavy atom. The van der Waals surface area contributed by atoms with E-state index >= 15 is 0 Å². The quantitative estimate of drug-likeness (QED) is 0.605. The van der Waals surface area contributed by atoms with Gasteiger partial charge >= 0.3 is 0 Å². The number of rotatable bonds is 2. The molecule has 0 saturated heterocycles. The Kier molecular flexibility index (Phi) is 3.74. The number of fused-ring (bicyclic) bond motifs is 1. The third-order valence-corrected chi connectivity index (χ3v) is 4.57. The Hall–Kier alpha value is -1.09. The van der Waals surface area contributed by atoms with E-state index in [-0.39, 0.29) is 0 Å². The molecule has 0 bridgehead atoms. The summed E-state index contributed by atoms with van der Waals surface area (Å²) < 4.78 is 2.38. The van der Waals surface area contributed by atoms with E-state index in [0.717, 1.165) is 11.3 Å². The number of nitrogens with zero attached hydrogens (tertiary/aromatic N) is 3. The monoisotopic (exact) mass is 277 g/mol. The molecular formula is C15H20ClN3. The lowest BCUT2D eigenvalue weighted by molar-refractivity contribution is 0.335. The minimum absolute atomic E-state index is 0.470. The molecular weight excluding hydrogens is 258 g/mol. The van der Waals surface area contributed by atoms with E-state index in [9.17, 15) is 0 Å². The van der Waals surface area contributed by atoms with E-state index < -0.39 is 0 Å². The third kappa shape index (κ3) is 2.36. The van der Waals surface area contributed by atoms with Crippen molar-refractivity contribution in [3.8, 4) is 0 Å². The maximum atomic E-state index is 6.11. The zero-order valence-corrected chi connectivity index (χ0v) is 12.1. The molecule has 3 rings (SSSR count). The second-order valence-corrected chi connectivity index (χ2v) is 5.85. The van der Waals surface area contributed by atoms with E-state index in [1.54, 1.807) is 0 Å². The van der Waals surface area contributed by atoms with Gasteiger partial charge in [-0.25, -0.2) is 4.98 Å². The molecule has 4 heteroatoms. The van der Waals surface area contributed by atoms with Crippen LogP contribution in [0.15, 0.2) is 18.5 Å². The third-order valence-electron chi connectivity index (χ3n) is 4.33. The number of pyridine rings is 1. The van der Waals surface area contributed by atoms with E-state index in [4.69, 9.17) is 11.6 Å². The Morgan fingerprint density at radius 2 is 2.16 bits per heavy atom. The molecule has 1 aliphatic rings.